The Morgan fingerprint density at radius 3 is 2.46 bits per heavy atom. The molecule has 1 aliphatic rings. The molecule has 9 heteroatoms. The Morgan fingerprint density at radius 1 is 1.08 bits per heavy atom. The molecule has 0 saturated heterocycles. The molecule has 5 nitrogen and oxygen atoms in total. The number of alkyl halides is 3. The van der Waals surface area contributed by atoms with E-state index in [4.69, 9.17) is 0 Å². The third-order valence-electron chi connectivity index (χ3n) is 3.97. The molecule has 0 aliphatic carbocycles. The first-order valence-corrected chi connectivity index (χ1v) is 8.43. The Morgan fingerprint density at radius 2 is 1.77 bits per heavy atom. The number of benzene rings is 2. The number of thiazole rings is 1. The van der Waals surface area contributed by atoms with Crippen molar-refractivity contribution in [1.29, 1.82) is 0 Å². The first-order chi connectivity index (χ1) is 12.4. The van der Waals surface area contributed by atoms with Crippen LogP contribution in [0.1, 0.15) is 5.56 Å². The lowest BCUT2D eigenvalue weighted by Crippen LogP contribution is -2.94. The van der Waals surface area contributed by atoms with Crippen LogP contribution in [0.2, 0.25) is 0 Å². The standard InChI is InChI=1S/C17H11F3N4OS/c18-17(19,20)16(24-15-21-11-8-4-5-9-12(11)26-15)14(25)22-13(23-16)10-6-2-1-3-7-10/h1-9H,(H,21,24)(H,22,23,25)/p+1/t16-/m1/s1. The third-order valence-corrected chi connectivity index (χ3v) is 4.92. The van der Waals surface area contributed by atoms with Crippen molar-refractivity contribution in [3.8, 4) is 0 Å². The second-order valence-corrected chi connectivity index (χ2v) is 6.71. The van der Waals surface area contributed by atoms with E-state index in [0.717, 1.165) is 16.0 Å². The smallest absolute Gasteiger partial charge is 0.303 e. The molecule has 2 aromatic carbocycles. The molecule has 4 rings (SSSR count). The predicted octanol–water partition coefficient (Wildman–Crippen LogP) is 1.62. The number of hydrogen-bond donors (Lipinski definition) is 3. The SMILES string of the molecule is O=C1NC(c2ccccc2)=[NH+][C@]1(Nc1nc2ccccc2s1)C(F)(F)F. The topological polar surface area (TPSA) is 68.0 Å². The zero-order chi connectivity index (χ0) is 18.4. The van der Waals surface area contributed by atoms with Gasteiger partial charge >= 0.3 is 17.7 Å². The van der Waals surface area contributed by atoms with E-state index >= 15 is 0 Å². The summed E-state index contributed by atoms with van der Waals surface area (Å²) in [5, 5.41) is 4.55. The van der Waals surface area contributed by atoms with E-state index < -0.39 is 17.7 Å². The fraction of sp³-hybridized carbons (Fsp3) is 0.118. The van der Waals surface area contributed by atoms with E-state index in [1.165, 1.54) is 0 Å². The number of amidine groups is 1. The molecule has 0 bridgehead atoms. The van der Waals surface area contributed by atoms with Crippen LogP contribution < -0.4 is 15.6 Å². The van der Waals surface area contributed by atoms with Crippen molar-refractivity contribution in [3.05, 3.63) is 60.2 Å². The van der Waals surface area contributed by atoms with Gasteiger partial charge in [-0.1, -0.05) is 41.7 Å². The first kappa shape index (κ1) is 16.5. The van der Waals surface area contributed by atoms with E-state index in [2.05, 4.69) is 20.6 Å². The number of halogens is 3. The number of anilines is 1. The van der Waals surface area contributed by atoms with Crippen LogP contribution >= 0.6 is 11.3 Å². The van der Waals surface area contributed by atoms with Crippen molar-refractivity contribution in [3.63, 3.8) is 0 Å². The zero-order valence-corrected chi connectivity index (χ0v) is 13.9. The molecule has 0 unspecified atom stereocenters. The fourth-order valence-corrected chi connectivity index (χ4v) is 3.60. The number of nitrogens with one attached hydrogen (secondary N) is 3. The molecule has 3 N–H and O–H groups in total. The molecule has 1 atom stereocenters. The molecule has 0 saturated carbocycles. The maximum Gasteiger partial charge on any atom is 0.465 e. The van der Waals surface area contributed by atoms with Crippen molar-refractivity contribution in [2.24, 2.45) is 0 Å². The summed E-state index contributed by atoms with van der Waals surface area (Å²) in [6, 6.07) is 15.2. The molecule has 3 aromatic rings. The van der Waals surface area contributed by atoms with E-state index in [0.29, 0.717) is 11.1 Å². The van der Waals surface area contributed by atoms with Crippen molar-refractivity contribution >= 4 is 38.4 Å². The fourth-order valence-electron chi connectivity index (χ4n) is 2.68. The van der Waals surface area contributed by atoms with Crippen LogP contribution in [0.15, 0.2) is 54.6 Å². The monoisotopic (exact) mass is 377 g/mol. The minimum absolute atomic E-state index is 0.000451. The van der Waals surface area contributed by atoms with Gasteiger partial charge in [0.2, 0.25) is 0 Å². The van der Waals surface area contributed by atoms with E-state index in [1.807, 2.05) is 0 Å². The predicted molar refractivity (Wildman–Crippen MR) is 91.7 cm³/mol. The van der Waals surface area contributed by atoms with E-state index in [9.17, 15) is 18.0 Å². The minimum atomic E-state index is -4.90. The molecule has 0 radical (unpaired) electrons. The van der Waals surface area contributed by atoms with Gasteiger partial charge < -0.3 is 5.32 Å². The molecule has 0 spiro atoms. The molecule has 2 heterocycles. The summed E-state index contributed by atoms with van der Waals surface area (Å²) in [4.78, 5) is 18.8. The molecule has 1 amide bonds. The lowest BCUT2D eigenvalue weighted by molar-refractivity contribution is -0.566. The number of aromatic nitrogens is 1. The Hall–Kier alpha value is -2.94. The van der Waals surface area contributed by atoms with Crippen LogP contribution in [-0.4, -0.2) is 28.6 Å². The highest BCUT2D eigenvalue weighted by Crippen LogP contribution is 2.33. The third kappa shape index (κ3) is 2.60. The summed E-state index contributed by atoms with van der Waals surface area (Å²) in [6.07, 6.45) is -4.90. The van der Waals surface area contributed by atoms with Gasteiger partial charge in [0.05, 0.1) is 15.8 Å². The maximum atomic E-state index is 13.9. The molecule has 1 aliphatic heterocycles. The number of carbonyl (C=O) groups is 1. The molecule has 26 heavy (non-hydrogen) atoms. The van der Waals surface area contributed by atoms with Gasteiger partial charge in [-0.3, -0.25) is 0 Å². The summed E-state index contributed by atoms with van der Waals surface area (Å²) in [7, 11) is 0. The average Bonchev–Trinajstić information content (AvgIpc) is 3.17. The number of nitrogens with zero attached hydrogens (tertiary/aromatic N) is 1. The van der Waals surface area contributed by atoms with Gasteiger partial charge in [-0.15, -0.1) is 0 Å². The van der Waals surface area contributed by atoms with Gasteiger partial charge in [-0.05, 0) is 24.3 Å². The highest BCUT2D eigenvalue weighted by Gasteiger charge is 2.69. The number of para-hydroxylation sites is 1. The number of amides is 1. The number of fused-ring (bicyclic) bond motifs is 1. The van der Waals surface area contributed by atoms with Gasteiger partial charge in [-0.25, -0.2) is 20.1 Å². The highest BCUT2D eigenvalue weighted by molar-refractivity contribution is 7.22. The van der Waals surface area contributed by atoms with Crippen LogP contribution in [0, 0.1) is 0 Å². The Balaban J connectivity index is 1.79. The van der Waals surface area contributed by atoms with Gasteiger partial charge in [0.25, 0.3) is 5.84 Å². The second kappa shape index (κ2) is 5.80. The van der Waals surface area contributed by atoms with Crippen LogP contribution in [0.3, 0.4) is 0 Å². The summed E-state index contributed by atoms with van der Waals surface area (Å²) in [5.74, 6) is -1.25. The van der Waals surface area contributed by atoms with Crippen molar-refractivity contribution < 1.29 is 23.0 Å². The van der Waals surface area contributed by atoms with Crippen LogP contribution in [0.5, 0.6) is 0 Å². The van der Waals surface area contributed by atoms with Gasteiger partial charge in [0.15, 0.2) is 5.13 Å². The summed E-state index contributed by atoms with van der Waals surface area (Å²) >= 11 is 1.05. The largest absolute Gasteiger partial charge is 0.465 e. The van der Waals surface area contributed by atoms with Crippen molar-refractivity contribution in [2.75, 3.05) is 5.32 Å². The van der Waals surface area contributed by atoms with Gasteiger partial charge in [0, 0.05) is 0 Å². The van der Waals surface area contributed by atoms with Crippen molar-refractivity contribution in [1.82, 2.24) is 10.3 Å². The van der Waals surface area contributed by atoms with E-state index in [1.54, 1.807) is 54.6 Å². The lowest BCUT2D eigenvalue weighted by atomic mass is 10.1. The lowest BCUT2D eigenvalue weighted by Gasteiger charge is -2.23. The maximum absolute atomic E-state index is 13.9. The number of hydrogen-bond acceptors (Lipinski definition) is 4. The summed E-state index contributed by atoms with van der Waals surface area (Å²) in [6.45, 7) is 0. The van der Waals surface area contributed by atoms with Crippen LogP contribution in [0.4, 0.5) is 18.3 Å². The normalized spacial score (nSPS) is 20.1. The molecule has 1 aromatic heterocycles. The van der Waals surface area contributed by atoms with Crippen molar-refractivity contribution in [2.45, 2.75) is 11.8 Å². The average molecular weight is 377 g/mol. The minimum Gasteiger partial charge on any atom is -0.303 e. The first-order valence-electron chi connectivity index (χ1n) is 7.61. The summed E-state index contributed by atoms with van der Waals surface area (Å²) < 4.78 is 42.3. The Kier molecular flexibility index (Phi) is 3.69. The number of carbonyl (C=O) groups excluding carboxylic acids is 1. The summed E-state index contributed by atoms with van der Waals surface area (Å²) in [5.41, 5.74) is -1.99. The molecule has 132 valence electrons. The number of rotatable bonds is 3. The molecule has 0 fully saturated rings. The van der Waals surface area contributed by atoms with Gasteiger partial charge in [0.1, 0.15) is 0 Å². The second-order valence-electron chi connectivity index (χ2n) is 5.68. The Bertz CT molecular complexity index is 983. The molecular formula is C17H12F3N4OS+. The van der Waals surface area contributed by atoms with E-state index in [-0.39, 0.29) is 11.0 Å². The Labute approximate surface area is 149 Å². The quantitative estimate of drug-likeness (QED) is 0.650. The van der Waals surface area contributed by atoms with Crippen LogP contribution in [-0.2, 0) is 4.79 Å². The van der Waals surface area contributed by atoms with Gasteiger partial charge in [-0.2, -0.15) is 13.2 Å². The highest BCUT2D eigenvalue weighted by atomic mass is 32.1. The van der Waals surface area contributed by atoms with Crippen LogP contribution in [0.25, 0.3) is 10.2 Å². The molecular weight excluding hydrogens is 365 g/mol. The zero-order valence-electron chi connectivity index (χ0n) is 13.1.